The maximum Gasteiger partial charge on any atom is 0.197 e. The van der Waals surface area contributed by atoms with Crippen LogP contribution in [-0.4, -0.2) is 16.5 Å². The summed E-state index contributed by atoms with van der Waals surface area (Å²) >= 11 is 6.63. The predicted octanol–water partition coefficient (Wildman–Crippen LogP) is 3.69. The molecule has 0 amide bonds. The number of furan rings is 1. The largest absolute Gasteiger partial charge is 0.446 e. The molecule has 4 nitrogen and oxygen atoms in total. The van der Waals surface area contributed by atoms with Gasteiger partial charge in [-0.1, -0.05) is 0 Å². The standard InChI is InChI=1S/C10H9Br2N3O/c1-2-13-9-6(11)5-14-10(15-9)7-3-4-8(12)16-7/h3-5H,2H2,1H3,(H,13,14,15). The van der Waals surface area contributed by atoms with Gasteiger partial charge in [-0.25, -0.2) is 9.97 Å². The van der Waals surface area contributed by atoms with Gasteiger partial charge in [-0.2, -0.15) is 0 Å². The lowest BCUT2D eigenvalue weighted by molar-refractivity contribution is 0.551. The average Bonchev–Trinajstić information content (AvgIpc) is 2.69. The van der Waals surface area contributed by atoms with Crippen LogP contribution < -0.4 is 5.32 Å². The Balaban J connectivity index is 2.39. The van der Waals surface area contributed by atoms with Gasteiger partial charge in [0.15, 0.2) is 16.3 Å². The second-order valence-corrected chi connectivity index (χ2v) is 4.66. The molecule has 0 aliphatic rings. The Labute approximate surface area is 110 Å². The van der Waals surface area contributed by atoms with E-state index in [1.165, 1.54) is 0 Å². The lowest BCUT2D eigenvalue weighted by Gasteiger charge is -2.05. The number of hydrogen-bond donors (Lipinski definition) is 1. The molecule has 0 saturated carbocycles. The highest BCUT2D eigenvalue weighted by atomic mass is 79.9. The molecule has 2 heterocycles. The molecule has 0 saturated heterocycles. The molecule has 0 aliphatic heterocycles. The summed E-state index contributed by atoms with van der Waals surface area (Å²) in [4.78, 5) is 8.55. The van der Waals surface area contributed by atoms with Crippen LogP contribution in [0.3, 0.4) is 0 Å². The minimum Gasteiger partial charge on any atom is -0.446 e. The Bertz CT molecular complexity index is 499. The van der Waals surface area contributed by atoms with Crippen LogP contribution in [0, 0.1) is 0 Å². The van der Waals surface area contributed by atoms with Crippen molar-refractivity contribution in [1.29, 1.82) is 0 Å². The van der Waals surface area contributed by atoms with Gasteiger partial charge in [0.2, 0.25) is 0 Å². The van der Waals surface area contributed by atoms with Gasteiger partial charge in [-0.05, 0) is 50.9 Å². The minimum atomic E-state index is 0.560. The van der Waals surface area contributed by atoms with E-state index in [1.807, 2.05) is 19.1 Å². The first-order chi connectivity index (χ1) is 7.70. The SMILES string of the molecule is CCNc1nc(-c2ccc(Br)o2)ncc1Br. The molecule has 0 spiro atoms. The van der Waals surface area contributed by atoms with Gasteiger partial charge in [0.05, 0.1) is 4.47 Å². The Morgan fingerprint density at radius 2 is 2.19 bits per heavy atom. The van der Waals surface area contributed by atoms with Crippen molar-refractivity contribution in [2.45, 2.75) is 6.92 Å². The first-order valence-electron chi connectivity index (χ1n) is 4.73. The van der Waals surface area contributed by atoms with E-state index in [-0.39, 0.29) is 0 Å². The Kier molecular flexibility index (Phi) is 3.60. The van der Waals surface area contributed by atoms with Crippen LogP contribution in [0.2, 0.25) is 0 Å². The van der Waals surface area contributed by atoms with Gasteiger partial charge in [-0.15, -0.1) is 0 Å². The second kappa shape index (κ2) is 4.97. The molecule has 0 radical (unpaired) electrons. The molecule has 6 heteroatoms. The van der Waals surface area contributed by atoms with E-state index in [1.54, 1.807) is 6.20 Å². The Hall–Kier alpha value is -0.880. The van der Waals surface area contributed by atoms with Crippen LogP contribution in [0.25, 0.3) is 11.6 Å². The number of rotatable bonds is 3. The van der Waals surface area contributed by atoms with Crippen molar-refractivity contribution in [2.75, 3.05) is 11.9 Å². The number of nitrogens with zero attached hydrogens (tertiary/aromatic N) is 2. The molecular weight excluding hydrogens is 338 g/mol. The summed E-state index contributed by atoms with van der Waals surface area (Å²) in [5, 5.41) is 3.14. The lowest BCUT2D eigenvalue weighted by atomic mass is 10.4. The maximum atomic E-state index is 5.39. The molecule has 16 heavy (non-hydrogen) atoms. The molecule has 0 bridgehead atoms. The Morgan fingerprint density at radius 1 is 1.38 bits per heavy atom. The zero-order valence-corrected chi connectivity index (χ0v) is 11.7. The first kappa shape index (κ1) is 11.6. The highest BCUT2D eigenvalue weighted by Crippen LogP contribution is 2.25. The molecule has 84 valence electrons. The number of halogens is 2. The molecule has 2 aromatic rings. The van der Waals surface area contributed by atoms with Crippen molar-refractivity contribution >= 4 is 37.7 Å². The third-order valence-corrected chi connectivity index (χ3v) is 2.89. The van der Waals surface area contributed by atoms with Crippen LogP contribution in [0.15, 0.2) is 31.9 Å². The van der Waals surface area contributed by atoms with Gasteiger partial charge in [-0.3, -0.25) is 0 Å². The van der Waals surface area contributed by atoms with Crippen molar-refractivity contribution < 1.29 is 4.42 Å². The highest BCUT2D eigenvalue weighted by molar-refractivity contribution is 9.10. The summed E-state index contributed by atoms with van der Waals surface area (Å²) in [5.41, 5.74) is 0. The fourth-order valence-corrected chi connectivity index (χ4v) is 1.85. The molecule has 0 aliphatic carbocycles. The number of aromatic nitrogens is 2. The van der Waals surface area contributed by atoms with Crippen molar-refractivity contribution in [1.82, 2.24) is 9.97 Å². The van der Waals surface area contributed by atoms with Crippen LogP contribution in [0.1, 0.15) is 6.92 Å². The third kappa shape index (κ3) is 2.44. The van der Waals surface area contributed by atoms with Crippen molar-refractivity contribution in [3.8, 4) is 11.6 Å². The molecule has 0 aromatic carbocycles. The van der Waals surface area contributed by atoms with E-state index in [9.17, 15) is 0 Å². The summed E-state index contributed by atoms with van der Waals surface area (Å²) in [7, 11) is 0. The van der Waals surface area contributed by atoms with Gasteiger partial charge < -0.3 is 9.73 Å². The monoisotopic (exact) mass is 345 g/mol. The Morgan fingerprint density at radius 3 is 2.81 bits per heavy atom. The summed E-state index contributed by atoms with van der Waals surface area (Å²) < 4.78 is 6.89. The number of nitrogens with one attached hydrogen (secondary N) is 1. The zero-order chi connectivity index (χ0) is 11.5. The van der Waals surface area contributed by atoms with Crippen LogP contribution >= 0.6 is 31.9 Å². The summed E-state index contributed by atoms with van der Waals surface area (Å²) in [5.74, 6) is 1.96. The number of anilines is 1. The minimum absolute atomic E-state index is 0.560. The summed E-state index contributed by atoms with van der Waals surface area (Å²) in [6.07, 6.45) is 1.71. The lowest BCUT2D eigenvalue weighted by Crippen LogP contribution is -2.02. The van der Waals surface area contributed by atoms with Gasteiger partial charge >= 0.3 is 0 Å². The molecule has 2 rings (SSSR count). The molecule has 0 atom stereocenters. The molecule has 2 aromatic heterocycles. The predicted molar refractivity (Wildman–Crippen MR) is 69.3 cm³/mol. The van der Waals surface area contributed by atoms with Crippen LogP contribution in [0.5, 0.6) is 0 Å². The topological polar surface area (TPSA) is 51.0 Å². The van der Waals surface area contributed by atoms with E-state index in [2.05, 4.69) is 47.1 Å². The first-order valence-corrected chi connectivity index (χ1v) is 6.31. The van der Waals surface area contributed by atoms with Gasteiger partial charge in [0.1, 0.15) is 5.82 Å². The van der Waals surface area contributed by atoms with Crippen LogP contribution in [0.4, 0.5) is 5.82 Å². The average molecular weight is 347 g/mol. The second-order valence-electron chi connectivity index (χ2n) is 3.02. The highest BCUT2D eigenvalue weighted by Gasteiger charge is 2.09. The zero-order valence-electron chi connectivity index (χ0n) is 8.50. The maximum absolute atomic E-state index is 5.39. The fraction of sp³-hybridized carbons (Fsp3) is 0.200. The number of hydrogen-bond acceptors (Lipinski definition) is 4. The molecule has 0 fully saturated rings. The smallest absolute Gasteiger partial charge is 0.197 e. The van der Waals surface area contributed by atoms with Crippen molar-refractivity contribution in [3.63, 3.8) is 0 Å². The van der Waals surface area contributed by atoms with E-state index in [4.69, 9.17) is 4.42 Å². The molecular formula is C10H9Br2N3O. The fourth-order valence-electron chi connectivity index (χ4n) is 1.21. The summed E-state index contributed by atoms with van der Waals surface area (Å²) in [6.45, 7) is 2.81. The van der Waals surface area contributed by atoms with E-state index in [0.717, 1.165) is 16.8 Å². The van der Waals surface area contributed by atoms with E-state index < -0.39 is 0 Å². The molecule has 0 unspecified atom stereocenters. The normalized spacial score (nSPS) is 10.4. The van der Waals surface area contributed by atoms with Crippen LogP contribution in [-0.2, 0) is 0 Å². The van der Waals surface area contributed by atoms with Crippen molar-refractivity contribution in [2.24, 2.45) is 0 Å². The van der Waals surface area contributed by atoms with Gasteiger partial charge in [0, 0.05) is 12.7 Å². The van der Waals surface area contributed by atoms with Gasteiger partial charge in [0.25, 0.3) is 0 Å². The van der Waals surface area contributed by atoms with E-state index in [0.29, 0.717) is 16.3 Å². The quantitative estimate of drug-likeness (QED) is 0.920. The summed E-state index contributed by atoms with van der Waals surface area (Å²) in [6, 6.07) is 3.64. The molecule has 1 N–H and O–H groups in total. The van der Waals surface area contributed by atoms with E-state index >= 15 is 0 Å². The third-order valence-electron chi connectivity index (χ3n) is 1.88. The van der Waals surface area contributed by atoms with Crippen molar-refractivity contribution in [3.05, 3.63) is 27.5 Å².